The maximum Gasteiger partial charge on any atom is 0.178 e. The van der Waals surface area contributed by atoms with Crippen LogP contribution < -0.4 is 5.32 Å². The molecule has 2 aromatic rings. The van der Waals surface area contributed by atoms with Crippen molar-refractivity contribution in [2.45, 2.75) is 30.6 Å². The van der Waals surface area contributed by atoms with Gasteiger partial charge in [-0.3, -0.25) is 0 Å². The molecule has 0 aliphatic rings. The van der Waals surface area contributed by atoms with E-state index in [2.05, 4.69) is 36.5 Å². The van der Waals surface area contributed by atoms with Gasteiger partial charge in [-0.2, -0.15) is 0 Å². The van der Waals surface area contributed by atoms with Crippen LogP contribution in [-0.4, -0.2) is 27.3 Å². The molecule has 0 aliphatic heterocycles. The average molecular weight is 331 g/mol. The molecule has 0 heterocycles. The summed E-state index contributed by atoms with van der Waals surface area (Å²) in [5.41, 5.74) is 1.35. The highest BCUT2D eigenvalue weighted by Crippen LogP contribution is 2.17. The monoisotopic (exact) mass is 331 g/mol. The second kappa shape index (κ2) is 8.85. The minimum absolute atomic E-state index is 0.193. The van der Waals surface area contributed by atoms with Crippen LogP contribution in [0.3, 0.4) is 0 Å². The minimum Gasteiger partial charge on any atom is -0.317 e. The van der Waals surface area contributed by atoms with Crippen molar-refractivity contribution >= 4 is 9.84 Å². The van der Waals surface area contributed by atoms with Crippen LogP contribution in [-0.2, 0) is 9.84 Å². The van der Waals surface area contributed by atoms with E-state index in [0.717, 1.165) is 19.5 Å². The summed E-state index contributed by atoms with van der Waals surface area (Å²) in [6.07, 6.45) is 1.69. The number of rotatable bonds is 9. The lowest BCUT2D eigenvalue weighted by Crippen LogP contribution is -2.21. The lowest BCUT2D eigenvalue weighted by atomic mass is 9.98. The van der Waals surface area contributed by atoms with Gasteiger partial charge in [0.2, 0.25) is 0 Å². The number of hydrogen-bond acceptors (Lipinski definition) is 3. The summed E-state index contributed by atoms with van der Waals surface area (Å²) in [6.45, 7) is 3.85. The summed E-state index contributed by atoms with van der Waals surface area (Å²) < 4.78 is 24.3. The molecule has 0 aromatic heterocycles. The van der Waals surface area contributed by atoms with Gasteiger partial charge in [-0.15, -0.1) is 0 Å². The van der Waals surface area contributed by atoms with E-state index < -0.39 is 9.84 Å². The molecule has 2 rings (SSSR count). The Morgan fingerprint density at radius 3 is 2.17 bits per heavy atom. The quantitative estimate of drug-likeness (QED) is 0.714. The Hall–Kier alpha value is -1.65. The van der Waals surface area contributed by atoms with Gasteiger partial charge in [0.1, 0.15) is 0 Å². The van der Waals surface area contributed by atoms with E-state index in [1.165, 1.54) is 5.56 Å². The summed E-state index contributed by atoms with van der Waals surface area (Å²) in [6, 6.07) is 19.1. The van der Waals surface area contributed by atoms with E-state index >= 15 is 0 Å². The standard InChI is InChI=1S/C19H25NO2S/c1-17(18-9-4-2-5-10-18)13-15-20-14-8-16-23(21,22)19-11-6-3-7-12-19/h2-7,9-12,17,20H,8,13-16H2,1H3. The highest BCUT2D eigenvalue weighted by molar-refractivity contribution is 7.91. The molecule has 0 spiro atoms. The van der Waals surface area contributed by atoms with E-state index in [-0.39, 0.29) is 5.75 Å². The van der Waals surface area contributed by atoms with Crippen molar-refractivity contribution in [2.75, 3.05) is 18.8 Å². The Kier molecular flexibility index (Phi) is 6.81. The zero-order valence-electron chi connectivity index (χ0n) is 13.6. The first-order valence-electron chi connectivity index (χ1n) is 8.13. The van der Waals surface area contributed by atoms with Crippen LogP contribution in [0.4, 0.5) is 0 Å². The Morgan fingerprint density at radius 1 is 0.913 bits per heavy atom. The van der Waals surface area contributed by atoms with Gasteiger partial charge in [0.05, 0.1) is 10.6 Å². The summed E-state index contributed by atoms with van der Waals surface area (Å²) >= 11 is 0. The highest BCUT2D eigenvalue weighted by atomic mass is 32.2. The first-order valence-corrected chi connectivity index (χ1v) is 9.78. The molecule has 4 heteroatoms. The molecule has 124 valence electrons. The Morgan fingerprint density at radius 2 is 1.52 bits per heavy atom. The zero-order valence-corrected chi connectivity index (χ0v) is 14.4. The zero-order chi connectivity index (χ0) is 16.5. The molecule has 1 atom stereocenters. The SMILES string of the molecule is CC(CCNCCCS(=O)(=O)c1ccccc1)c1ccccc1. The van der Waals surface area contributed by atoms with Gasteiger partial charge < -0.3 is 5.32 Å². The van der Waals surface area contributed by atoms with E-state index in [4.69, 9.17) is 0 Å². The van der Waals surface area contributed by atoms with Crippen molar-refractivity contribution in [1.29, 1.82) is 0 Å². The summed E-state index contributed by atoms with van der Waals surface area (Å²) in [5, 5.41) is 3.35. The maximum atomic E-state index is 12.1. The van der Waals surface area contributed by atoms with Crippen LogP contribution in [0.2, 0.25) is 0 Å². The lowest BCUT2D eigenvalue weighted by molar-refractivity contribution is 0.576. The van der Waals surface area contributed by atoms with Crippen LogP contribution in [0.5, 0.6) is 0 Å². The number of sulfone groups is 1. The maximum absolute atomic E-state index is 12.1. The van der Waals surface area contributed by atoms with Gasteiger partial charge >= 0.3 is 0 Å². The van der Waals surface area contributed by atoms with Crippen molar-refractivity contribution < 1.29 is 8.42 Å². The first kappa shape index (κ1) is 17.7. The molecule has 0 aliphatic carbocycles. The van der Waals surface area contributed by atoms with E-state index in [9.17, 15) is 8.42 Å². The fourth-order valence-electron chi connectivity index (χ4n) is 2.52. The van der Waals surface area contributed by atoms with Crippen molar-refractivity contribution in [1.82, 2.24) is 5.32 Å². The van der Waals surface area contributed by atoms with Crippen LogP contribution >= 0.6 is 0 Å². The predicted molar refractivity (Wildman–Crippen MR) is 95.5 cm³/mol. The summed E-state index contributed by atoms with van der Waals surface area (Å²) in [5.74, 6) is 0.704. The van der Waals surface area contributed by atoms with E-state index in [1.54, 1.807) is 24.3 Å². The second-order valence-electron chi connectivity index (χ2n) is 5.84. The molecular weight excluding hydrogens is 306 g/mol. The lowest BCUT2D eigenvalue weighted by Gasteiger charge is -2.12. The molecule has 1 N–H and O–H groups in total. The third-order valence-electron chi connectivity index (χ3n) is 3.99. The van der Waals surface area contributed by atoms with Gasteiger partial charge in [-0.25, -0.2) is 8.42 Å². The fourth-order valence-corrected chi connectivity index (χ4v) is 3.86. The number of benzene rings is 2. The molecule has 2 aromatic carbocycles. The number of hydrogen-bond donors (Lipinski definition) is 1. The molecule has 0 bridgehead atoms. The largest absolute Gasteiger partial charge is 0.317 e. The Labute approximate surface area is 139 Å². The molecule has 0 saturated carbocycles. The van der Waals surface area contributed by atoms with Gasteiger partial charge in [-0.05, 0) is 49.5 Å². The van der Waals surface area contributed by atoms with Gasteiger partial charge in [-0.1, -0.05) is 55.5 Å². The smallest absolute Gasteiger partial charge is 0.178 e. The van der Waals surface area contributed by atoms with Crippen LogP contribution in [0.25, 0.3) is 0 Å². The third-order valence-corrected chi connectivity index (χ3v) is 5.81. The van der Waals surface area contributed by atoms with E-state index in [0.29, 0.717) is 17.2 Å². The molecule has 3 nitrogen and oxygen atoms in total. The van der Waals surface area contributed by atoms with Crippen molar-refractivity contribution in [3.8, 4) is 0 Å². The van der Waals surface area contributed by atoms with Crippen LogP contribution in [0.15, 0.2) is 65.6 Å². The average Bonchev–Trinajstić information content (AvgIpc) is 2.59. The van der Waals surface area contributed by atoms with Gasteiger partial charge in [0.15, 0.2) is 9.84 Å². The van der Waals surface area contributed by atoms with Crippen molar-refractivity contribution in [3.05, 3.63) is 66.2 Å². The van der Waals surface area contributed by atoms with Crippen LogP contribution in [0.1, 0.15) is 31.2 Å². The molecule has 0 radical (unpaired) electrons. The molecular formula is C19H25NO2S. The molecule has 0 amide bonds. The highest BCUT2D eigenvalue weighted by Gasteiger charge is 2.12. The topological polar surface area (TPSA) is 46.2 Å². The Balaban J connectivity index is 1.65. The summed E-state index contributed by atoms with van der Waals surface area (Å²) in [7, 11) is -3.15. The minimum atomic E-state index is -3.15. The normalized spacial score (nSPS) is 12.9. The Bertz CT molecular complexity index is 669. The van der Waals surface area contributed by atoms with Gasteiger partial charge in [0.25, 0.3) is 0 Å². The fraction of sp³-hybridized carbons (Fsp3) is 0.368. The number of nitrogens with one attached hydrogen (secondary N) is 1. The molecule has 0 saturated heterocycles. The molecule has 1 unspecified atom stereocenters. The second-order valence-corrected chi connectivity index (χ2v) is 7.95. The molecule has 23 heavy (non-hydrogen) atoms. The first-order chi connectivity index (χ1) is 11.1. The van der Waals surface area contributed by atoms with E-state index in [1.807, 2.05) is 12.1 Å². The summed E-state index contributed by atoms with van der Waals surface area (Å²) in [4.78, 5) is 0.415. The van der Waals surface area contributed by atoms with Crippen LogP contribution in [0, 0.1) is 0 Å². The van der Waals surface area contributed by atoms with Gasteiger partial charge in [0, 0.05) is 0 Å². The van der Waals surface area contributed by atoms with Crippen molar-refractivity contribution in [2.24, 2.45) is 0 Å². The third kappa shape index (κ3) is 5.81. The van der Waals surface area contributed by atoms with Crippen molar-refractivity contribution in [3.63, 3.8) is 0 Å². The molecule has 0 fully saturated rings. The predicted octanol–water partition coefficient (Wildman–Crippen LogP) is 3.63.